The van der Waals surface area contributed by atoms with E-state index in [0.29, 0.717) is 17.6 Å². The number of H-pyrrole nitrogens is 1. The maximum absolute atomic E-state index is 11.5. The van der Waals surface area contributed by atoms with Crippen molar-refractivity contribution in [2.75, 3.05) is 0 Å². The number of benzene rings is 1. The molecule has 0 saturated carbocycles. The van der Waals surface area contributed by atoms with Crippen LogP contribution < -0.4 is 5.56 Å². The number of imidazole rings is 1. The molecule has 0 amide bonds. The van der Waals surface area contributed by atoms with E-state index in [9.17, 15) is 4.79 Å². The van der Waals surface area contributed by atoms with Crippen molar-refractivity contribution in [2.24, 2.45) is 0 Å². The highest BCUT2D eigenvalue weighted by molar-refractivity contribution is 6.33. The third kappa shape index (κ3) is 1.78. The Balaban J connectivity index is 2.14. The quantitative estimate of drug-likeness (QED) is 0.764. The number of nitrogens with zero attached hydrogens (tertiary/aromatic N) is 3. The van der Waals surface area contributed by atoms with Crippen molar-refractivity contribution >= 4 is 22.6 Å². The standard InChI is InChI=1S/C12H9ClN4O/c13-11-10-9(12(18)16-15-11)14-7-17(10)6-8-4-2-1-3-5-8/h1-5,7H,6H2,(H,16,18). The highest BCUT2D eigenvalue weighted by Gasteiger charge is 2.11. The fourth-order valence-corrected chi connectivity index (χ4v) is 2.11. The van der Waals surface area contributed by atoms with Crippen LogP contribution in [-0.4, -0.2) is 19.7 Å². The molecule has 0 fully saturated rings. The highest BCUT2D eigenvalue weighted by Crippen LogP contribution is 2.17. The van der Waals surface area contributed by atoms with Gasteiger partial charge in [-0.05, 0) is 5.56 Å². The Morgan fingerprint density at radius 1 is 1.28 bits per heavy atom. The van der Waals surface area contributed by atoms with E-state index in [1.807, 2.05) is 34.9 Å². The first kappa shape index (κ1) is 11.0. The van der Waals surface area contributed by atoms with E-state index in [1.165, 1.54) is 0 Å². The number of nitrogens with one attached hydrogen (secondary N) is 1. The van der Waals surface area contributed by atoms with Gasteiger partial charge in [-0.2, -0.15) is 5.10 Å². The summed E-state index contributed by atoms with van der Waals surface area (Å²) in [4.78, 5) is 15.6. The molecule has 2 heterocycles. The Labute approximate surface area is 107 Å². The normalized spacial score (nSPS) is 10.9. The lowest BCUT2D eigenvalue weighted by atomic mass is 10.2. The number of hydrogen-bond donors (Lipinski definition) is 1. The maximum atomic E-state index is 11.5. The second-order valence-electron chi connectivity index (χ2n) is 3.90. The van der Waals surface area contributed by atoms with Gasteiger partial charge in [0.2, 0.25) is 0 Å². The number of halogens is 1. The molecule has 0 aliphatic rings. The van der Waals surface area contributed by atoms with Crippen LogP contribution in [0.5, 0.6) is 0 Å². The Hall–Kier alpha value is -2.14. The Bertz CT molecular complexity index is 748. The number of aromatic nitrogens is 4. The van der Waals surface area contributed by atoms with Gasteiger partial charge in [-0.1, -0.05) is 41.9 Å². The number of fused-ring (bicyclic) bond motifs is 1. The summed E-state index contributed by atoms with van der Waals surface area (Å²) < 4.78 is 1.81. The fourth-order valence-electron chi connectivity index (χ4n) is 1.87. The molecule has 1 aromatic carbocycles. The first-order valence-corrected chi connectivity index (χ1v) is 5.76. The largest absolute Gasteiger partial charge is 0.323 e. The van der Waals surface area contributed by atoms with Gasteiger partial charge in [-0.15, -0.1) is 0 Å². The van der Waals surface area contributed by atoms with Gasteiger partial charge >= 0.3 is 0 Å². The molecule has 3 aromatic rings. The molecule has 6 heteroatoms. The van der Waals surface area contributed by atoms with E-state index in [-0.39, 0.29) is 10.7 Å². The monoisotopic (exact) mass is 260 g/mol. The Morgan fingerprint density at radius 2 is 2.06 bits per heavy atom. The number of rotatable bonds is 2. The summed E-state index contributed by atoms with van der Waals surface area (Å²) in [7, 11) is 0. The van der Waals surface area contributed by atoms with Gasteiger partial charge < -0.3 is 4.57 Å². The van der Waals surface area contributed by atoms with Crippen LogP contribution in [0.15, 0.2) is 41.5 Å². The lowest BCUT2D eigenvalue weighted by molar-refractivity contribution is 0.821. The molecule has 0 bridgehead atoms. The minimum absolute atomic E-state index is 0.248. The molecule has 0 unspecified atom stereocenters. The summed E-state index contributed by atoms with van der Waals surface area (Å²) in [6, 6.07) is 9.87. The van der Waals surface area contributed by atoms with Crippen LogP contribution >= 0.6 is 11.6 Å². The van der Waals surface area contributed by atoms with Crippen molar-refractivity contribution in [3.05, 3.63) is 57.7 Å². The molecule has 0 aliphatic carbocycles. The summed E-state index contributed by atoms with van der Waals surface area (Å²) in [5.41, 5.74) is 1.64. The van der Waals surface area contributed by atoms with Crippen molar-refractivity contribution in [1.29, 1.82) is 0 Å². The molecule has 18 heavy (non-hydrogen) atoms. The molecule has 5 nitrogen and oxygen atoms in total. The second-order valence-corrected chi connectivity index (χ2v) is 4.26. The predicted octanol–water partition coefficient (Wildman–Crippen LogP) is 1.82. The molecule has 0 spiro atoms. The molecule has 0 atom stereocenters. The van der Waals surface area contributed by atoms with Gasteiger partial charge in [0.05, 0.1) is 6.33 Å². The molecule has 1 N–H and O–H groups in total. The highest BCUT2D eigenvalue weighted by atomic mass is 35.5. The molecule has 0 saturated heterocycles. The molecule has 0 radical (unpaired) electrons. The van der Waals surface area contributed by atoms with Gasteiger partial charge in [0.25, 0.3) is 5.56 Å². The van der Waals surface area contributed by atoms with E-state index >= 15 is 0 Å². The lowest BCUT2D eigenvalue weighted by Crippen LogP contribution is -2.09. The summed E-state index contributed by atoms with van der Waals surface area (Å²) in [5, 5.41) is 6.30. The zero-order valence-electron chi connectivity index (χ0n) is 9.30. The van der Waals surface area contributed by atoms with Crippen LogP contribution in [0.1, 0.15) is 5.56 Å². The minimum Gasteiger partial charge on any atom is -0.323 e. The lowest BCUT2D eigenvalue weighted by Gasteiger charge is -2.04. The van der Waals surface area contributed by atoms with E-state index in [2.05, 4.69) is 15.2 Å². The van der Waals surface area contributed by atoms with Gasteiger partial charge in [-0.3, -0.25) is 4.79 Å². The molecule has 0 aliphatic heterocycles. The van der Waals surface area contributed by atoms with Crippen LogP contribution in [0.3, 0.4) is 0 Å². The van der Waals surface area contributed by atoms with Gasteiger partial charge in [0, 0.05) is 6.54 Å². The van der Waals surface area contributed by atoms with Crippen LogP contribution in [0, 0.1) is 0 Å². The number of hydrogen-bond acceptors (Lipinski definition) is 3. The topological polar surface area (TPSA) is 63.6 Å². The zero-order valence-corrected chi connectivity index (χ0v) is 10.1. The van der Waals surface area contributed by atoms with Crippen molar-refractivity contribution in [1.82, 2.24) is 19.7 Å². The van der Waals surface area contributed by atoms with Crippen molar-refractivity contribution in [3.63, 3.8) is 0 Å². The van der Waals surface area contributed by atoms with Crippen LogP contribution in [0.25, 0.3) is 11.0 Å². The summed E-state index contributed by atoms with van der Waals surface area (Å²) in [5.74, 6) is 0. The number of aromatic amines is 1. The van der Waals surface area contributed by atoms with Gasteiger partial charge in [0.1, 0.15) is 5.52 Å². The fraction of sp³-hybridized carbons (Fsp3) is 0.0833. The Morgan fingerprint density at radius 3 is 2.83 bits per heavy atom. The van der Waals surface area contributed by atoms with Crippen LogP contribution in [0.2, 0.25) is 5.15 Å². The second kappa shape index (κ2) is 4.27. The summed E-state index contributed by atoms with van der Waals surface area (Å²) in [6.45, 7) is 0.599. The average Bonchev–Trinajstić information content (AvgIpc) is 2.80. The van der Waals surface area contributed by atoms with Crippen molar-refractivity contribution in [2.45, 2.75) is 6.54 Å². The van der Waals surface area contributed by atoms with E-state index < -0.39 is 0 Å². The smallest absolute Gasteiger partial charge is 0.292 e. The van der Waals surface area contributed by atoms with Crippen LogP contribution in [-0.2, 0) is 6.54 Å². The molecule has 2 aromatic heterocycles. The van der Waals surface area contributed by atoms with Gasteiger partial charge in [-0.25, -0.2) is 10.1 Å². The third-order valence-electron chi connectivity index (χ3n) is 2.70. The molecule has 90 valence electrons. The first-order chi connectivity index (χ1) is 8.75. The Kier molecular flexibility index (Phi) is 2.60. The first-order valence-electron chi connectivity index (χ1n) is 5.38. The maximum Gasteiger partial charge on any atom is 0.292 e. The predicted molar refractivity (Wildman–Crippen MR) is 68.7 cm³/mol. The zero-order chi connectivity index (χ0) is 12.5. The molecular weight excluding hydrogens is 252 g/mol. The molecular formula is C12H9ClN4O. The minimum atomic E-state index is -0.332. The van der Waals surface area contributed by atoms with Crippen LogP contribution in [0.4, 0.5) is 0 Å². The van der Waals surface area contributed by atoms with Crippen molar-refractivity contribution in [3.8, 4) is 0 Å². The average molecular weight is 261 g/mol. The van der Waals surface area contributed by atoms with E-state index in [0.717, 1.165) is 5.56 Å². The van der Waals surface area contributed by atoms with Gasteiger partial charge in [0.15, 0.2) is 10.7 Å². The van der Waals surface area contributed by atoms with Crippen molar-refractivity contribution < 1.29 is 0 Å². The SMILES string of the molecule is O=c1[nH]nc(Cl)c2c1ncn2Cc1ccccc1. The third-order valence-corrected chi connectivity index (χ3v) is 2.96. The van der Waals surface area contributed by atoms with E-state index in [1.54, 1.807) is 6.33 Å². The van der Waals surface area contributed by atoms with E-state index in [4.69, 9.17) is 11.6 Å². The molecule has 3 rings (SSSR count). The summed E-state index contributed by atoms with van der Waals surface area (Å²) >= 11 is 6.00. The summed E-state index contributed by atoms with van der Waals surface area (Å²) in [6.07, 6.45) is 1.60.